The highest BCUT2D eigenvalue weighted by molar-refractivity contribution is 7.22. The Morgan fingerprint density at radius 1 is 1.00 bits per heavy atom. The normalized spacial score (nSPS) is 10.6. The van der Waals surface area contributed by atoms with E-state index in [2.05, 4.69) is 21.6 Å². The topological polar surface area (TPSA) is 65.8 Å². The van der Waals surface area contributed by atoms with E-state index in [0.717, 1.165) is 29.4 Å². The van der Waals surface area contributed by atoms with Crippen LogP contribution in [-0.4, -0.2) is 35.8 Å². The molecule has 0 aliphatic heterocycles. The van der Waals surface area contributed by atoms with E-state index in [-0.39, 0.29) is 0 Å². The molecule has 172 valence electrons. The van der Waals surface area contributed by atoms with E-state index in [9.17, 15) is 8.78 Å². The molecule has 0 radical (unpaired) electrons. The minimum absolute atomic E-state index is 0.418. The van der Waals surface area contributed by atoms with Crippen LogP contribution in [0.2, 0.25) is 0 Å². The Bertz CT molecular complexity index is 1290. The molecule has 0 amide bonds. The summed E-state index contributed by atoms with van der Waals surface area (Å²) in [6.07, 6.45) is 0.737. The predicted octanol–water partition coefficient (Wildman–Crippen LogP) is 4.20. The summed E-state index contributed by atoms with van der Waals surface area (Å²) in [5.41, 5.74) is 3.19. The Hall–Kier alpha value is -3.45. The SMILES string of the molecule is COc1ccc(CCN(Cc2ccc(C#CB(O)O)cc2)c2nc3cc(F)c(F)cc3s2)cc1. The molecule has 0 unspecified atom stereocenters. The summed E-state index contributed by atoms with van der Waals surface area (Å²) in [6.45, 7) is 1.16. The van der Waals surface area contributed by atoms with E-state index in [1.54, 1.807) is 19.2 Å². The average Bonchev–Trinajstić information content (AvgIpc) is 3.24. The van der Waals surface area contributed by atoms with Gasteiger partial charge in [-0.25, -0.2) is 13.8 Å². The Labute approximate surface area is 200 Å². The molecule has 2 N–H and O–H groups in total. The molecular formula is C25H21BF2N2O3S. The van der Waals surface area contributed by atoms with Gasteiger partial charge in [-0.3, -0.25) is 0 Å². The Morgan fingerprint density at radius 2 is 1.68 bits per heavy atom. The van der Waals surface area contributed by atoms with E-state index in [0.29, 0.717) is 34.0 Å². The van der Waals surface area contributed by atoms with Crippen molar-refractivity contribution in [2.75, 3.05) is 18.6 Å². The summed E-state index contributed by atoms with van der Waals surface area (Å²) < 4.78 is 33.2. The van der Waals surface area contributed by atoms with Gasteiger partial charge in [-0.05, 0) is 47.9 Å². The van der Waals surface area contributed by atoms with Crippen molar-refractivity contribution >= 4 is 33.8 Å². The molecule has 4 rings (SSSR count). The first kappa shape index (κ1) is 23.7. The summed E-state index contributed by atoms with van der Waals surface area (Å²) >= 11 is 1.31. The molecule has 9 heteroatoms. The van der Waals surface area contributed by atoms with Crippen LogP contribution in [0.5, 0.6) is 5.75 Å². The van der Waals surface area contributed by atoms with Crippen molar-refractivity contribution < 1.29 is 23.6 Å². The number of halogens is 2. The number of fused-ring (bicyclic) bond motifs is 1. The lowest BCUT2D eigenvalue weighted by Gasteiger charge is -2.22. The molecule has 0 bridgehead atoms. The van der Waals surface area contributed by atoms with Crippen molar-refractivity contribution in [3.05, 3.63) is 89.0 Å². The van der Waals surface area contributed by atoms with Crippen molar-refractivity contribution in [1.29, 1.82) is 0 Å². The molecular weight excluding hydrogens is 457 g/mol. The summed E-state index contributed by atoms with van der Waals surface area (Å²) in [5.74, 6) is 3.95. The second kappa shape index (κ2) is 10.7. The van der Waals surface area contributed by atoms with Gasteiger partial charge in [0, 0.05) is 24.7 Å². The summed E-state index contributed by atoms with van der Waals surface area (Å²) in [5, 5.41) is 18.5. The molecule has 0 saturated carbocycles. The van der Waals surface area contributed by atoms with Crippen LogP contribution < -0.4 is 9.64 Å². The number of hydrogen-bond donors (Lipinski definition) is 2. The first-order chi connectivity index (χ1) is 16.4. The average molecular weight is 478 g/mol. The number of nitrogens with zero attached hydrogens (tertiary/aromatic N) is 2. The van der Waals surface area contributed by atoms with E-state index < -0.39 is 18.8 Å². The number of thiazole rings is 1. The molecule has 3 aromatic carbocycles. The lowest BCUT2D eigenvalue weighted by atomic mass is 9.93. The van der Waals surface area contributed by atoms with Gasteiger partial charge >= 0.3 is 7.12 Å². The molecule has 0 spiro atoms. The smallest absolute Gasteiger partial charge is 0.497 e. The van der Waals surface area contributed by atoms with Crippen molar-refractivity contribution in [2.24, 2.45) is 0 Å². The van der Waals surface area contributed by atoms with Crippen molar-refractivity contribution in [3.8, 4) is 17.5 Å². The van der Waals surface area contributed by atoms with Gasteiger partial charge < -0.3 is 19.7 Å². The zero-order chi connectivity index (χ0) is 24.1. The molecule has 0 aliphatic carbocycles. The highest BCUT2D eigenvalue weighted by Crippen LogP contribution is 2.31. The molecule has 0 saturated heterocycles. The third-order valence-electron chi connectivity index (χ3n) is 5.19. The monoisotopic (exact) mass is 478 g/mol. The fourth-order valence-corrected chi connectivity index (χ4v) is 4.40. The predicted molar refractivity (Wildman–Crippen MR) is 131 cm³/mol. The van der Waals surface area contributed by atoms with Gasteiger partial charge in [0.1, 0.15) is 5.75 Å². The summed E-state index contributed by atoms with van der Waals surface area (Å²) in [7, 11) is -0.0555. The Balaban J connectivity index is 1.58. The van der Waals surface area contributed by atoms with Gasteiger partial charge in [0.05, 0.1) is 17.3 Å². The summed E-state index contributed by atoms with van der Waals surface area (Å²) in [4.78, 5) is 6.63. The minimum Gasteiger partial charge on any atom is -0.497 e. The molecule has 0 aliphatic rings. The quantitative estimate of drug-likeness (QED) is 0.308. The maximum Gasteiger partial charge on any atom is 0.545 e. The third kappa shape index (κ3) is 5.91. The van der Waals surface area contributed by atoms with Crippen molar-refractivity contribution in [3.63, 3.8) is 0 Å². The Morgan fingerprint density at radius 3 is 2.35 bits per heavy atom. The lowest BCUT2D eigenvalue weighted by molar-refractivity contribution is 0.414. The fraction of sp³-hybridized carbons (Fsp3) is 0.160. The zero-order valence-electron chi connectivity index (χ0n) is 18.3. The molecule has 1 aromatic heterocycles. The summed E-state index contributed by atoms with van der Waals surface area (Å²) in [6, 6.07) is 17.5. The maximum atomic E-state index is 13.7. The minimum atomic E-state index is -1.68. The number of benzene rings is 3. The van der Waals surface area contributed by atoms with Gasteiger partial charge in [0.25, 0.3) is 0 Å². The van der Waals surface area contributed by atoms with Crippen LogP contribution in [-0.2, 0) is 13.0 Å². The molecule has 5 nitrogen and oxygen atoms in total. The van der Waals surface area contributed by atoms with Gasteiger partial charge in [-0.15, -0.1) is 0 Å². The van der Waals surface area contributed by atoms with E-state index in [4.69, 9.17) is 14.8 Å². The van der Waals surface area contributed by atoms with Crippen LogP contribution in [0.3, 0.4) is 0 Å². The number of hydrogen-bond acceptors (Lipinski definition) is 6. The fourth-order valence-electron chi connectivity index (χ4n) is 3.41. The molecule has 0 fully saturated rings. The standard InChI is InChI=1S/C25H21BF2N2O3S/c1-33-20-8-6-18(7-9-20)11-13-30(16-19-4-2-17(3-5-19)10-12-26(31)32)25-29-23-14-21(27)22(28)15-24(23)34-25/h2-9,14-15,31-32H,11,13,16H2,1H3. The van der Waals surface area contributed by atoms with E-state index in [1.807, 2.05) is 36.4 Å². The molecule has 4 aromatic rings. The molecule has 0 atom stereocenters. The van der Waals surface area contributed by atoms with Gasteiger partial charge in [-0.2, -0.15) is 0 Å². The second-order valence-electron chi connectivity index (χ2n) is 7.59. The largest absolute Gasteiger partial charge is 0.545 e. The zero-order valence-corrected chi connectivity index (χ0v) is 19.1. The van der Waals surface area contributed by atoms with Crippen LogP contribution >= 0.6 is 11.3 Å². The number of anilines is 1. The molecule has 34 heavy (non-hydrogen) atoms. The maximum absolute atomic E-state index is 13.7. The van der Waals surface area contributed by atoms with Crippen LogP contribution in [0.1, 0.15) is 16.7 Å². The van der Waals surface area contributed by atoms with Gasteiger partial charge in [0.2, 0.25) is 0 Å². The first-order valence-electron chi connectivity index (χ1n) is 10.5. The van der Waals surface area contributed by atoms with Crippen molar-refractivity contribution in [1.82, 2.24) is 4.98 Å². The van der Waals surface area contributed by atoms with Crippen LogP contribution in [0.15, 0.2) is 60.7 Å². The number of rotatable bonds is 7. The van der Waals surface area contributed by atoms with Crippen LogP contribution in [0, 0.1) is 23.4 Å². The number of ether oxygens (including phenoxy) is 1. The number of methoxy groups -OCH3 is 1. The first-order valence-corrected chi connectivity index (χ1v) is 11.3. The van der Waals surface area contributed by atoms with Crippen LogP contribution in [0.4, 0.5) is 13.9 Å². The van der Waals surface area contributed by atoms with Gasteiger partial charge in [-0.1, -0.05) is 47.3 Å². The second-order valence-corrected chi connectivity index (χ2v) is 8.60. The Kier molecular flexibility index (Phi) is 7.43. The van der Waals surface area contributed by atoms with Crippen LogP contribution in [0.25, 0.3) is 10.2 Å². The van der Waals surface area contributed by atoms with Crippen molar-refractivity contribution in [2.45, 2.75) is 13.0 Å². The number of aromatic nitrogens is 1. The molecule has 1 heterocycles. The van der Waals surface area contributed by atoms with Gasteiger partial charge in [0.15, 0.2) is 16.8 Å². The highest BCUT2D eigenvalue weighted by Gasteiger charge is 2.16. The van der Waals surface area contributed by atoms with E-state index >= 15 is 0 Å². The third-order valence-corrected chi connectivity index (χ3v) is 6.27. The lowest BCUT2D eigenvalue weighted by Crippen LogP contribution is -2.25. The van der Waals surface area contributed by atoms with E-state index in [1.165, 1.54) is 17.4 Å². The highest BCUT2D eigenvalue weighted by atomic mass is 32.1.